The van der Waals surface area contributed by atoms with Crippen molar-refractivity contribution >= 4 is 24.0 Å². The van der Waals surface area contributed by atoms with Crippen LogP contribution in [0.2, 0.25) is 0 Å². The largest absolute Gasteiger partial charge is 0.486 e. The van der Waals surface area contributed by atoms with E-state index < -0.39 is 4.92 Å². The Morgan fingerprint density at radius 1 is 1.45 bits per heavy atom. The van der Waals surface area contributed by atoms with Crippen molar-refractivity contribution in [2.45, 2.75) is 25.3 Å². The molecule has 1 amide bonds. The lowest BCUT2D eigenvalue weighted by atomic mass is 10.1. The van der Waals surface area contributed by atoms with Crippen LogP contribution in [0.15, 0.2) is 24.3 Å². The van der Waals surface area contributed by atoms with Crippen LogP contribution in [-0.2, 0) is 4.79 Å². The van der Waals surface area contributed by atoms with Gasteiger partial charge >= 0.3 is 5.69 Å². The fourth-order valence-corrected chi connectivity index (χ4v) is 2.26. The Kier molecular flexibility index (Phi) is 7.62. The minimum absolute atomic E-state index is 0. The van der Waals surface area contributed by atoms with Crippen LogP contribution in [0.4, 0.5) is 5.69 Å². The summed E-state index contributed by atoms with van der Waals surface area (Å²) in [5, 5.41) is 17.0. The third kappa shape index (κ3) is 5.50. The van der Waals surface area contributed by atoms with Gasteiger partial charge in [0, 0.05) is 18.7 Å². The summed E-state index contributed by atoms with van der Waals surface area (Å²) >= 11 is 0. The lowest BCUT2D eigenvalue weighted by Crippen LogP contribution is -2.45. The zero-order valence-electron chi connectivity index (χ0n) is 12.1. The number of hydrogen-bond donors (Lipinski definition) is 2. The van der Waals surface area contributed by atoms with Gasteiger partial charge in [-0.25, -0.2) is 0 Å². The van der Waals surface area contributed by atoms with Gasteiger partial charge in [0.05, 0.1) is 18.0 Å². The first-order valence-corrected chi connectivity index (χ1v) is 7.03. The fourth-order valence-electron chi connectivity index (χ4n) is 2.26. The first-order chi connectivity index (χ1) is 10.2. The molecule has 1 fully saturated rings. The Bertz CT molecular complexity index is 507. The van der Waals surface area contributed by atoms with Gasteiger partial charge in [0.15, 0.2) is 5.75 Å². The molecule has 1 aliphatic heterocycles. The smallest absolute Gasteiger partial charge is 0.310 e. The summed E-state index contributed by atoms with van der Waals surface area (Å²) in [7, 11) is 0. The molecule has 122 valence electrons. The Hall–Kier alpha value is -1.86. The molecule has 1 saturated heterocycles. The number of hydrogen-bond acceptors (Lipinski definition) is 5. The predicted octanol–water partition coefficient (Wildman–Crippen LogP) is 1.65. The summed E-state index contributed by atoms with van der Waals surface area (Å²) in [6.07, 6.45) is 2.21. The zero-order valence-corrected chi connectivity index (χ0v) is 12.9. The molecule has 0 saturated carbocycles. The molecule has 22 heavy (non-hydrogen) atoms. The van der Waals surface area contributed by atoms with E-state index in [0.717, 1.165) is 25.9 Å². The van der Waals surface area contributed by atoms with E-state index in [4.69, 9.17) is 4.74 Å². The molecule has 0 spiro atoms. The van der Waals surface area contributed by atoms with Crippen molar-refractivity contribution in [2.24, 2.45) is 0 Å². The summed E-state index contributed by atoms with van der Waals surface area (Å²) in [5.41, 5.74) is -0.0885. The monoisotopic (exact) mass is 329 g/mol. The summed E-state index contributed by atoms with van der Waals surface area (Å²) in [6, 6.07) is 6.31. The highest BCUT2D eigenvalue weighted by Crippen LogP contribution is 2.25. The third-order valence-corrected chi connectivity index (χ3v) is 3.31. The minimum Gasteiger partial charge on any atom is -0.486 e. The SMILES string of the molecule is Cl.O=C(CCOc1ccccc1[N+](=O)[O-])N[C@H]1CCCNC1. The Labute approximate surface area is 135 Å². The van der Waals surface area contributed by atoms with Crippen LogP contribution in [-0.4, -0.2) is 36.6 Å². The number of halogens is 1. The van der Waals surface area contributed by atoms with Gasteiger partial charge in [-0.15, -0.1) is 12.4 Å². The van der Waals surface area contributed by atoms with Crippen LogP contribution in [0.25, 0.3) is 0 Å². The van der Waals surface area contributed by atoms with E-state index in [9.17, 15) is 14.9 Å². The van der Waals surface area contributed by atoms with E-state index in [2.05, 4.69) is 10.6 Å². The number of nitro groups is 1. The number of nitro benzene ring substituents is 1. The van der Waals surface area contributed by atoms with Gasteiger partial charge in [-0.1, -0.05) is 12.1 Å². The minimum atomic E-state index is -0.497. The van der Waals surface area contributed by atoms with Crippen molar-refractivity contribution in [1.82, 2.24) is 10.6 Å². The van der Waals surface area contributed by atoms with Crippen LogP contribution in [0.5, 0.6) is 5.75 Å². The number of piperidine rings is 1. The summed E-state index contributed by atoms with van der Waals surface area (Å²) in [6.45, 7) is 1.90. The molecule has 0 aliphatic carbocycles. The number of rotatable bonds is 6. The van der Waals surface area contributed by atoms with E-state index in [1.807, 2.05) is 0 Å². The van der Waals surface area contributed by atoms with Crippen molar-refractivity contribution in [3.8, 4) is 5.75 Å². The van der Waals surface area contributed by atoms with E-state index >= 15 is 0 Å². The van der Waals surface area contributed by atoms with Crippen LogP contribution in [0.1, 0.15) is 19.3 Å². The van der Waals surface area contributed by atoms with Crippen molar-refractivity contribution in [2.75, 3.05) is 19.7 Å². The highest BCUT2D eigenvalue weighted by Gasteiger charge is 2.16. The topological polar surface area (TPSA) is 93.5 Å². The Morgan fingerprint density at radius 2 is 2.23 bits per heavy atom. The Balaban J connectivity index is 0.00000242. The van der Waals surface area contributed by atoms with Crippen LogP contribution >= 0.6 is 12.4 Å². The lowest BCUT2D eigenvalue weighted by molar-refractivity contribution is -0.385. The molecule has 0 aromatic heterocycles. The fraction of sp³-hybridized carbons (Fsp3) is 0.500. The third-order valence-electron chi connectivity index (χ3n) is 3.31. The molecule has 2 rings (SSSR count). The second-order valence-electron chi connectivity index (χ2n) is 4.93. The maximum atomic E-state index is 11.8. The molecule has 1 aliphatic rings. The second kappa shape index (κ2) is 9.22. The number of amides is 1. The molecule has 2 N–H and O–H groups in total. The average Bonchev–Trinajstić information content (AvgIpc) is 2.48. The molecule has 1 aromatic rings. The quantitative estimate of drug-likeness (QED) is 0.611. The number of carbonyl (C=O) groups excluding carboxylic acids is 1. The van der Waals surface area contributed by atoms with E-state index in [1.54, 1.807) is 12.1 Å². The molecule has 1 heterocycles. The summed E-state index contributed by atoms with van der Waals surface area (Å²) < 4.78 is 5.34. The molecule has 0 bridgehead atoms. The van der Waals surface area contributed by atoms with Gasteiger partial charge in [-0.05, 0) is 25.5 Å². The van der Waals surface area contributed by atoms with Crippen molar-refractivity contribution in [1.29, 1.82) is 0 Å². The maximum absolute atomic E-state index is 11.8. The predicted molar refractivity (Wildman–Crippen MR) is 84.5 cm³/mol. The normalized spacial score (nSPS) is 17.2. The highest BCUT2D eigenvalue weighted by molar-refractivity contribution is 5.85. The molecule has 1 atom stereocenters. The zero-order chi connectivity index (χ0) is 15.1. The highest BCUT2D eigenvalue weighted by atomic mass is 35.5. The number of para-hydroxylation sites is 2. The number of benzene rings is 1. The van der Waals surface area contributed by atoms with E-state index in [-0.39, 0.29) is 48.8 Å². The standard InChI is InChI=1S/C14H19N3O4.ClH/c18-14(16-11-4-3-8-15-10-11)7-9-21-13-6-2-1-5-12(13)17(19)20;/h1-2,5-6,11,15H,3-4,7-10H2,(H,16,18);1H/t11-;/m0./s1. The number of nitrogens with one attached hydrogen (secondary N) is 2. The van der Waals surface area contributed by atoms with Gasteiger partial charge < -0.3 is 15.4 Å². The average molecular weight is 330 g/mol. The van der Waals surface area contributed by atoms with Gasteiger partial charge in [-0.3, -0.25) is 14.9 Å². The Morgan fingerprint density at radius 3 is 2.91 bits per heavy atom. The number of carbonyl (C=O) groups is 1. The first kappa shape index (κ1) is 18.2. The number of nitrogens with zero attached hydrogens (tertiary/aromatic N) is 1. The molecule has 0 unspecified atom stereocenters. The van der Waals surface area contributed by atoms with Crippen molar-refractivity contribution in [3.05, 3.63) is 34.4 Å². The molecular formula is C14H20ClN3O4. The molecule has 1 aromatic carbocycles. The summed E-state index contributed by atoms with van der Waals surface area (Å²) in [4.78, 5) is 22.1. The molecule has 8 heteroatoms. The van der Waals surface area contributed by atoms with Gasteiger partial charge in [0.1, 0.15) is 0 Å². The molecule has 7 nitrogen and oxygen atoms in total. The second-order valence-corrected chi connectivity index (χ2v) is 4.93. The van der Waals surface area contributed by atoms with Crippen LogP contribution in [0, 0.1) is 10.1 Å². The van der Waals surface area contributed by atoms with Gasteiger partial charge in [0.2, 0.25) is 5.91 Å². The van der Waals surface area contributed by atoms with E-state index in [0.29, 0.717) is 0 Å². The maximum Gasteiger partial charge on any atom is 0.310 e. The van der Waals surface area contributed by atoms with E-state index in [1.165, 1.54) is 12.1 Å². The van der Waals surface area contributed by atoms with Gasteiger partial charge in [-0.2, -0.15) is 0 Å². The first-order valence-electron chi connectivity index (χ1n) is 7.03. The van der Waals surface area contributed by atoms with Crippen LogP contribution < -0.4 is 15.4 Å². The summed E-state index contributed by atoms with van der Waals surface area (Å²) in [5.74, 6) is 0.0944. The van der Waals surface area contributed by atoms with Gasteiger partial charge in [0.25, 0.3) is 0 Å². The molecule has 0 radical (unpaired) electrons. The van der Waals surface area contributed by atoms with Crippen molar-refractivity contribution in [3.63, 3.8) is 0 Å². The lowest BCUT2D eigenvalue weighted by Gasteiger charge is -2.23. The number of ether oxygens (including phenoxy) is 1. The molecular weight excluding hydrogens is 310 g/mol. The van der Waals surface area contributed by atoms with Crippen LogP contribution in [0.3, 0.4) is 0 Å². The van der Waals surface area contributed by atoms with Crippen molar-refractivity contribution < 1.29 is 14.5 Å².